The lowest BCUT2D eigenvalue weighted by atomic mass is 10.2. The van der Waals surface area contributed by atoms with E-state index in [0.717, 1.165) is 11.4 Å². The Morgan fingerprint density at radius 1 is 1.42 bits per heavy atom. The zero-order valence-electron chi connectivity index (χ0n) is 11.0. The number of carbonyl (C=O) groups is 1. The summed E-state index contributed by atoms with van der Waals surface area (Å²) in [4.78, 5) is 15.7. The molecule has 0 bridgehead atoms. The Morgan fingerprint density at radius 2 is 2.16 bits per heavy atom. The molecular weight excluding hydrogens is 264 g/mol. The lowest BCUT2D eigenvalue weighted by molar-refractivity contribution is -0.118. The standard InChI is InChI=1S/C13H15ClN4O/c1-8(2)13(19)16-12-7-18(17-9(12)3)11-4-10(14)5-15-6-11/h4-8H,1-3H3,(H,16,19). The van der Waals surface area contributed by atoms with Gasteiger partial charge in [-0.15, -0.1) is 0 Å². The number of hydrogen-bond acceptors (Lipinski definition) is 3. The van der Waals surface area contributed by atoms with E-state index in [2.05, 4.69) is 15.4 Å². The van der Waals surface area contributed by atoms with E-state index in [4.69, 9.17) is 11.6 Å². The SMILES string of the molecule is Cc1nn(-c2cncc(Cl)c2)cc1NC(=O)C(C)C. The zero-order valence-corrected chi connectivity index (χ0v) is 11.8. The summed E-state index contributed by atoms with van der Waals surface area (Å²) in [7, 11) is 0. The average Bonchev–Trinajstić information content (AvgIpc) is 2.71. The van der Waals surface area contributed by atoms with Crippen molar-refractivity contribution in [1.82, 2.24) is 14.8 Å². The van der Waals surface area contributed by atoms with Gasteiger partial charge in [0, 0.05) is 12.1 Å². The summed E-state index contributed by atoms with van der Waals surface area (Å²) in [6.45, 7) is 5.52. The minimum Gasteiger partial charge on any atom is -0.323 e. The maximum Gasteiger partial charge on any atom is 0.227 e. The van der Waals surface area contributed by atoms with E-state index in [0.29, 0.717) is 10.7 Å². The Morgan fingerprint density at radius 3 is 2.79 bits per heavy atom. The maximum absolute atomic E-state index is 11.7. The predicted molar refractivity (Wildman–Crippen MR) is 74.6 cm³/mol. The van der Waals surface area contributed by atoms with Crippen molar-refractivity contribution in [3.63, 3.8) is 0 Å². The number of nitrogens with zero attached hydrogens (tertiary/aromatic N) is 3. The average molecular weight is 279 g/mol. The number of amides is 1. The smallest absolute Gasteiger partial charge is 0.227 e. The molecule has 2 aromatic rings. The van der Waals surface area contributed by atoms with Crippen LogP contribution < -0.4 is 5.32 Å². The second kappa shape index (κ2) is 5.40. The molecule has 2 rings (SSSR count). The molecule has 5 nitrogen and oxygen atoms in total. The highest BCUT2D eigenvalue weighted by Gasteiger charge is 2.12. The quantitative estimate of drug-likeness (QED) is 0.939. The number of rotatable bonds is 3. The first kappa shape index (κ1) is 13.5. The van der Waals surface area contributed by atoms with Crippen molar-refractivity contribution in [2.45, 2.75) is 20.8 Å². The molecule has 0 radical (unpaired) electrons. The molecule has 2 heterocycles. The summed E-state index contributed by atoms with van der Waals surface area (Å²) < 4.78 is 1.64. The second-order valence-corrected chi connectivity index (χ2v) is 5.01. The van der Waals surface area contributed by atoms with Crippen molar-refractivity contribution in [2.75, 3.05) is 5.32 Å². The van der Waals surface area contributed by atoms with Crippen molar-refractivity contribution in [3.05, 3.63) is 35.4 Å². The Kier molecular flexibility index (Phi) is 3.85. The van der Waals surface area contributed by atoms with E-state index in [1.54, 1.807) is 29.3 Å². The summed E-state index contributed by atoms with van der Waals surface area (Å²) in [5, 5.41) is 7.72. The first-order valence-electron chi connectivity index (χ1n) is 5.95. The van der Waals surface area contributed by atoms with E-state index in [-0.39, 0.29) is 11.8 Å². The third-order valence-electron chi connectivity index (χ3n) is 2.64. The van der Waals surface area contributed by atoms with Crippen LogP contribution in [0.2, 0.25) is 5.02 Å². The summed E-state index contributed by atoms with van der Waals surface area (Å²) >= 11 is 5.89. The van der Waals surface area contributed by atoms with Crippen LogP contribution >= 0.6 is 11.6 Å². The number of anilines is 1. The summed E-state index contributed by atoms with van der Waals surface area (Å²) in [6, 6.07) is 1.76. The molecule has 0 aliphatic heterocycles. The van der Waals surface area contributed by atoms with Crippen molar-refractivity contribution in [1.29, 1.82) is 0 Å². The fourth-order valence-electron chi connectivity index (χ4n) is 1.52. The largest absolute Gasteiger partial charge is 0.323 e. The zero-order chi connectivity index (χ0) is 14.0. The van der Waals surface area contributed by atoms with Crippen molar-refractivity contribution >= 4 is 23.2 Å². The van der Waals surface area contributed by atoms with Gasteiger partial charge in [-0.05, 0) is 13.0 Å². The van der Waals surface area contributed by atoms with Gasteiger partial charge in [0.25, 0.3) is 0 Å². The van der Waals surface area contributed by atoms with Crippen LogP contribution in [0.15, 0.2) is 24.7 Å². The van der Waals surface area contributed by atoms with Gasteiger partial charge >= 0.3 is 0 Å². The first-order valence-corrected chi connectivity index (χ1v) is 6.33. The van der Waals surface area contributed by atoms with Gasteiger partial charge in [-0.2, -0.15) is 5.10 Å². The Bertz CT molecular complexity index is 606. The Balaban J connectivity index is 2.28. The van der Waals surface area contributed by atoms with E-state index < -0.39 is 0 Å². The number of carbonyl (C=O) groups excluding carboxylic acids is 1. The molecule has 0 unspecified atom stereocenters. The van der Waals surface area contributed by atoms with Crippen molar-refractivity contribution in [2.24, 2.45) is 5.92 Å². The van der Waals surface area contributed by atoms with Crippen molar-refractivity contribution in [3.8, 4) is 5.69 Å². The van der Waals surface area contributed by atoms with Crippen LogP contribution in [0.5, 0.6) is 0 Å². The van der Waals surface area contributed by atoms with E-state index in [1.165, 1.54) is 0 Å². The van der Waals surface area contributed by atoms with E-state index in [1.807, 2.05) is 20.8 Å². The molecule has 0 saturated carbocycles. The molecule has 1 amide bonds. The minimum atomic E-state index is -0.0735. The third kappa shape index (κ3) is 3.12. The van der Waals surface area contributed by atoms with Crippen LogP contribution in [0.1, 0.15) is 19.5 Å². The predicted octanol–water partition coefficient (Wildman–Crippen LogP) is 2.82. The summed E-state index contributed by atoms with van der Waals surface area (Å²) in [5.41, 5.74) is 2.19. The van der Waals surface area contributed by atoms with Crippen molar-refractivity contribution < 1.29 is 4.79 Å². The third-order valence-corrected chi connectivity index (χ3v) is 2.84. The number of hydrogen-bond donors (Lipinski definition) is 1. The highest BCUT2D eigenvalue weighted by Crippen LogP contribution is 2.18. The monoisotopic (exact) mass is 278 g/mol. The number of aromatic nitrogens is 3. The van der Waals surface area contributed by atoms with Gasteiger partial charge in [0.2, 0.25) is 5.91 Å². The molecule has 0 aromatic carbocycles. The van der Waals surface area contributed by atoms with Gasteiger partial charge in [0.1, 0.15) is 0 Å². The molecule has 0 atom stereocenters. The van der Waals surface area contributed by atoms with Crippen LogP contribution in [0.25, 0.3) is 5.69 Å². The maximum atomic E-state index is 11.7. The number of pyridine rings is 1. The molecule has 19 heavy (non-hydrogen) atoms. The summed E-state index contributed by atoms with van der Waals surface area (Å²) in [5.74, 6) is -0.109. The van der Waals surface area contributed by atoms with E-state index in [9.17, 15) is 4.79 Å². The van der Waals surface area contributed by atoms with Gasteiger partial charge in [-0.1, -0.05) is 25.4 Å². The lowest BCUT2D eigenvalue weighted by Crippen LogP contribution is -2.17. The fourth-order valence-corrected chi connectivity index (χ4v) is 1.69. The molecule has 2 aromatic heterocycles. The van der Waals surface area contributed by atoms with Crippen LogP contribution in [0.4, 0.5) is 5.69 Å². The summed E-state index contributed by atoms with van der Waals surface area (Å²) in [6.07, 6.45) is 4.97. The molecule has 6 heteroatoms. The van der Waals surface area contributed by atoms with Gasteiger partial charge in [-0.3, -0.25) is 9.78 Å². The van der Waals surface area contributed by atoms with Gasteiger partial charge in [-0.25, -0.2) is 4.68 Å². The normalized spacial score (nSPS) is 10.8. The molecular formula is C13H15ClN4O. The molecule has 0 aliphatic carbocycles. The van der Waals surface area contributed by atoms with Crippen LogP contribution in [-0.4, -0.2) is 20.7 Å². The Labute approximate surface area is 116 Å². The number of halogens is 1. The highest BCUT2D eigenvalue weighted by molar-refractivity contribution is 6.30. The number of aryl methyl sites for hydroxylation is 1. The molecule has 0 fully saturated rings. The van der Waals surface area contributed by atoms with Crippen LogP contribution in [0, 0.1) is 12.8 Å². The van der Waals surface area contributed by atoms with Gasteiger partial charge < -0.3 is 5.32 Å². The van der Waals surface area contributed by atoms with Crippen LogP contribution in [0.3, 0.4) is 0 Å². The molecule has 0 saturated heterocycles. The molecule has 1 N–H and O–H groups in total. The first-order chi connectivity index (χ1) is 8.97. The molecule has 0 aliphatic rings. The van der Waals surface area contributed by atoms with Gasteiger partial charge in [0.15, 0.2) is 0 Å². The number of nitrogens with one attached hydrogen (secondary N) is 1. The van der Waals surface area contributed by atoms with Gasteiger partial charge in [0.05, 0.1) is 34.5 Å². The lowest BCUT2D eigenvalue weighted by Gasteiger charge is -2.05. The highest BCUT2D eigenvalue weighted by atomic mass is 35.5. The topological polar surface area (TPSA) is 59.8 Å². The molecule has 0 spiro atoms. The second-order valence-electron chi connectivity index (χ2n) is 4.58. The van der Waals surface area contributed by atoms with E-state index >= 15 is 0 Å². The molecule has 100 valence electrons. The Hall–Kier alpha value is -1.88. The minimum absolute atomic E-state index is 0.0353. The fraction of sp³-hybridized carbons (Fsp3) is 0.308. The van der Waals surface area contributed by atoms with Crippen LogP contribution in [-0.2, 0) is 4.79 Å².